The van der Waals surface area contributed by atoms with Crippen LogP contribution in [0.25, 0.3) is 0 Å². The average molecular weight is 388 g/mol. The normalized spacial score (nSPS) is 11.3. The summed E-state index contributed by atoms with van der Waals surface area (Å²) in [5.74, 6) is -4.07. The van der Waals surface area contributed by atoms with Crippen LogP contribution in [0.4, 0.5) is 29.3 Å². The van der Waals surface area contributed by atoms with E-state index in [-0.39, 0.29) is 17.1 Å². The fourth-order valence-corrected chi connectivity index (χ4v) is 2.77. The Balaban J connectivity index is 2.26. The first-order valence-electron chi connectivity index (χ1n) is 7.19. The minimum atomic E-state index is -4.84. The maximum atomic E-state index is 13.5. The number of carbonyl (C=O) groups excluding carboxylic acids is 1. The predicted octanol–water partition coefficient (Wildman–Crippen LogP) is 3.78. The molecule has 0 saturated heterocycles. The van der Waals surface area contributed by atoms with Gasteiger partial charge in [0.25, 0.3) is 0 Å². The van der Waals surface area contributed by atoms with Crippen LogP contribution in [0.3, 0.4) is 0 Å². The number of anilines is 2. The third-order valence-electron chi connectivity index (χ3n) is 3.41. The molecule has 26 heavy (non-hydrogen) atoms. The Labute approximate surface area is 147 Å². The summed E-state index contributed by atoms with van der Waals surface area (Å²) in [6.07, 6.45) is 0. The van der Waals surface area contributed by atoms with Crippen molar-refractivity contribution in [3.8, 4) is 5.75 Å². The molecule has 0 aromatic heterocycles. The molecule has 0 spiro atoms. The highest BCUT2D eigenvalue weighted by molar-refractivity contribution is 7.91. The van der Waals surface area contributed by atoms with Crippen LogP contribution in [0.2, 0.25) is 0 Å². The summed E-state index contributed by atoms with van der Waals surface area (Å²) in [5, 5.41) is 4.64. The zero-order valence-corrected chi connectivity index (χ0v) is 14.5. The van der Waals surface area contributed by atoms with Crippen molar-refractivity contribution in [1.29, 1.82) is 0 Å². The Hall–Kier alpha value is -2.75. The largest absolute Gasteiger partial charge is 0.495 e. The third kappa shape index (κ3) is 4.26. The summed E-state index contributed by atoms with van der Waals surface area (Å²) < 4.78 is 67.0. The second-order valence-corrected chi connectivity index (χ2v) is 7.13. The lowest BCUT2D eigenvalue weighted by Gasteiger charge is -2.13. The molecule has 0 aliphatic rings. The molecular weight excluding hydrogens is 373 g/mol. The number of methoxy groups -OCH3 is 1. The number of nitrogens with one attached hydrogen (secondary N) is 2. The number of rotatable bonds is 5. The second-order valence-electron chi connectivity index (χ2n) is 5.21. The van der Waals surface area contributed by atoms with Gasteiger partial charge in [-0.25, -0.2) is 17.6 Å². The minimum Gasteiger partial charge on any atom is -0.495 e. The topological polar surface area (TPSA) is 84.5 Å². The van der Waals surface area contributed by atoms with E-state index in [2.05, 4.69) is 10.6 Å². The van der Waals surface area contributed by atoms with Gasteiger partial charge in [0.15, 0.2) is 0 Å². The molecular formula is C16H15F3N2O4S. The number of carbonyl (C=O) groups is 1. The molecule has 2 rings (SSSR count). The molecule has 10 heteroatoms. The van der Waals surface area contributed by atoms with Gasteiger partial charge in [0.2, 0.25) is 9.84 Å². The number of ether oxygens (including phenoxy) is 1. The standard InChI is InChI=1S/C16H15F3N2O4S/c1-9-3-4-10(7-12(9)17)20-16(22)21-13-8-11(5-6-14(13)25-2)26(23,24)15(18)19/h3-8,15H,1-2H3,(H2,20,21,22). The first kappa shape index (κ1) is 19.6. The zero-order chi connectivity index (χ0) is 19.5. The molecule has 0 aliphatic heterocycles. The number of sulfone groups is 1. The molecule has 2 aromatic carbocycles. The van der Waals surface area contributed by atoms with Crippen molar-refractivity contribution in [3.05, 3.63) is 47.8 Å². The van der Waals surface area contributed by atoms with Crippen LogP contribution in [0, 0.1) is 12.7 Å². The van der Waals surface area contributed by atoms with Gasteiger partial charge in [-0.05, 0) is 42.8 Å². The second kappa shape index (κ2) is 7.65. The summed E-state index contributed by atoms with van der Waals surface area (Å²) in [4.78, 5) is 11.4. The van der Waals surface area contributed by atoms with Gasteiger partial charge < -0.3 is 15.4 Å². The number of urea groups is 1. The molecule has 2 N–H and O–H groups in total. The molecule has 2 aromatic rings. The SMILES string of the molecule is COc1ccc(S(=O)(=O)C(F)F)cc1NC(=O)Nc1ccc(C)c(F)c1. The highest BCUT2D eigenvalue weighted by Gasteiger charge is 2.27. The lowest BCUT2D eigenvalue weighted by Crippen LogP contribution is -2.20. The van der Waals surface area contributed by atoms with Crippen molar-refractivity contribution in [3.63, 3.8) is 0 Å². The Morgan fingerprint density at radius 2 is 1.81 bits per heavy atom. The summed E-state index contributed by atoms with van der Waals surface area (Å²) in [5.41, 5.74) is 0.405. The van der Waals surface area contributed by atoms with Crippen LogP contribution in [0.15, 0.2) is 41.3 Å². The number of hydrogen-bond acceptors (Lipinski definition) is 4. The Morgan fingerprint density at radius 1 is 1.12 bits per heavy atom. The molecule has 2 amide bonds. The summed E-state index contributed by atoms with van der Waals surface area (Å²) in [7, 11) is -3.58. The van der Waals surface area contributed by atoms with Crippen LogP contribution in [0.5, 0.6) is 5.75 Å². The number of amides is 2. The number of alkyl halides is 2. The average Bonchev–Trinajstić information content (AvgIpc) is 2.57. The van der Waals surface area contributed by atoms with Crippen molar-refractivity contribution in [2.24, 2.45) is 0 Å². The number of hydrogen-bond donors (Lipinski definition) is 2. The maximum absolute atomic E-state index is 13.5. The van der Waals surface area contributed by atoms with E-state index in [1.165, 1.54) is 19.2 Å². The van der Waals surface area contributed by atoms with Crippen LogP contribution in [0.1, 0.15) is 5.56 Å². The van der Waals surface area contributed by atoms with Crippen LogP contribution in [-0.4, -0.2) is 27.3 Å². The summed E-state index contributed by atoms with van der Waals surface area (Å²) >= 11 is 0. The molecule has 140 valence electrons. The molecule has 0 saturated carbocycles. The van der Waals surface area contributed by atoms with E-state index in [0.717, 1.165) is 24.3 Å². The highest BCUT2D eigenvalue weighted by Crippen LogP contribution is 2.30. The molecule has 0 radical (unpaired) electrons. The number of aryl methyl sites for hydroxylation is 1. The Bertz CT molecular complexity index is 933. The maximum Gasteiger partial charge on any atom is 0.341 e. The number of halogens is 3. The Kier molecular flexibility index (Phi) is 5.76. The van der Waals surface area contributed by atoms with Gasteiger partial charge in [0, 0.05) is 5.69 Å². The van der Waals surface area contributed by atoms with Crippen molar-refractivity contribution in [2.45, 2.75) is 17.6 Å². The smallest absolute Gasteiger partial charge is 0.341 e. The Morgan fingerprint density at radius 3 is 2.38 bits per heavy atom. The van der Waals surface area contributed by atoms with Gasteiger partial charge in [-0.2, -0.15) is 8.78 Å². The van der Waals surface area contributed by atoms with Gasteiger partial charge >= 0.3 is 11.8 Å². The van der Waals surface area contributed by atoms with Crippen molar-refractivity contribution in [2.75, 3.05) is 17.7 Å². The van der Waals surface area contributed by atoms with Gasteiger partial charge in [0.1, 0.15) is 11.6 Å². The highest BCUT2D eigenvalue weighted by atomic mass is 32.2. The van der Waals surface area contributed by atoms with E-state index in [1.807, 2.05) is 0 Å². The minimum absolute atomic E-state index is 0.0588. The van der Waals surface area contributed by atoms with Crippen LogP contribution >= 0.6 is 0 Å². The lowest BCUT2D eigenvalue weighted by atomic mass is 10.2. The van der Waals surface area contributed by atoms with Gasteiger partial charge in [0.05, 0.1) is 17.7 Å². The molecule has 0 heterocycles. The number of benzene rings is 2. The lowest BCUT2D eigenvalue weighted by molar-refractivity contribution is 0.234. The fourth-order valence-electron chi connectivity index (χ4n) is 2.02. The monoisotopic (exact) mass is 388 g/mol. The molecule has 0 atom stereocenters. The quantitative estimate of drug-likeness (QED) is 0.816. The van der Waals surface area contributed by atoms with Crippen LogP contribution < -0.4 is 15.4 Å². The van der Waals surface area contributed by atoms with Gasteiger partial charge in [-0.15, -0.1) is 0 Å². The van der Waals surface area contributed by atoms with Crippen LogP contribution in [-0.2, 0) is 9.84 Å². The molecule has 0 fully saturated rings. The van der Waals surface area contributed by atoms with E-state index >= 15 is 0 Å². The van der Waals surface area contributed by atoms with Crippen molar-refractivity contribution >= 4 is 27.2 Å². The van der Waals surface area contributed by atoms with E-state index in [9.17, 15) is 26.4 Å². The first-order valence-corrected chi connectivity index (χ1v) is 8.74. The third-order valence-corrected chi connectivity index (χ3v) is 4.79. The van der Waals surface area contributed by atoms with E-state index < -0.39 is 32.3 Å². The molecule has 0 aliphatic carbocycles. The molecule has 6 nitrogen and oxygen atoms in total. The van der Waals surface area contributed by atoms with Crippen molar-refractivity contribution in [1.82, 2.24) is 0 Å². The van der Waals surface area contributed by atoms with Gasteiger partial charge in [-0.3, -0.25) is 0 Å². The summed E-state index contributed by atoms with van der Waals surface area (Å²) in [6.45, 7) is 1.55. The molecule has 0 unspecified atom stereocenters. The van der Waals surface area contributed by atoms with E-state index in [0.29, 0.717) is 5.56 Å². The van der Waals surface area contributed by atoms with E-state index in [1.54, 1.807) is 6.92 Å². The fraction of sp³-hybridized carbons (Fsp3) is 0.188. The zero-order valence-electron chi connectivity index (χ0n) is 13.7. The van der Waals surface area contributed by atoms with Crippen molar-refractivity contribution < 1.29 is 31.1 Å². The molecule has 0 bridgehead atoms. The summed E-state index contributed by atoms with van der Waals surface area (Å²) in [6, 6.07) is 6.13. The first-order chi connectivity index (χ1) is 12.1. The van der Waals surface area contributed by atoms with E-state index in [4.69, 9.17) is 4.74 Å². The predicted molar refractivity (Wildman–Crippen MR) is 90.0 cm³/mol. The van der Waals surface area contributed by atoms with Gasteiger partial charge in [-0.1, -0.05) is 6.07 Å².